The summed E-state index contributed by atoms with van der Waals surface area (Å²) < 4.78 is 4.77. The van der Waals surface area contributed by atoms with Crippen LogP contribution in [0, 0.1) is 5.92 Å². The van der Waals surface area contributed by atoms with E-state index in [1.807, 2.05) is 0 Å². The van der Waals surface area contributed by atoms with E-state index < -0.39 is 5.92 Å². The molecule has 2 N–H and O–H groups in total. The van der Waals surface area contributed by atoms with Crippen molar-refractivity contribution in [3.05, 3.63) is 12.2 Å². The largest absolute Gasteiger partial charge is 0.469 e. The fourth-order valence-corrected chi connectivity index (χ4v) is 2.80. The Labute approximate surface area is 148 Å². The molecule has 0 bridgehead atoms. The van der Waals surface area contributed by atoms with Crippen molar-refractivity contribution >= 4 is 23.6 Å². The zero-order chi connectivity index (χ0) is 18.7. The van der Waals surface area contributed by atoms with Gasteiger partial charge in [0, 0.05) is 31.5 Å². The van der Waals surface area contributed by atoms with Gasteiger partial charge in [0.15, 0.2) is 0 Å². The van der Waals surface area contributed by atoms with Crippen LogP contribution in [0.15, 0.2) is 12.2 Å². The van der Waals surface area contributed by atoms with E-state index in [2.05, 4.69) is 0 Å². The first-order valence-electron chi connectivity index (χ1n) is 8.82. The monoisotopic (exact) mass is 352 g/mol. The zero-order valence-electron chi connectivity index (χ0n) is 14.9. The number of methoxy groups -OCH3 is 1. The Morgan fingerprint density at radius 2 is 1.76 bits per heavy atom. The van der Waals surface area contributed by atoms with Crippen molar-refractivity contribution in [3.63, 3.8) is 0 Å². The van der Waals surface area contributed by atoms with Crippen LogP contribution in [0.5, 0.6) is 0 Å². The molecular formula is C18H28N2O5. The number of carbonyl (C=O) groups excluding carboxylic acids is 4. The summed E-state index contributed by atoms with van der Waals surface area (Å²) in [5.74, 6) is -1.25. The lowest BCUT2D eigenvalue weighted by Gasteiger charge is -2.14. The standard InChI is InChI=1S/C18H28N2O5/c1-25-18(24)14(7-4-5-11-19)13-15(21)8-3-2-6-12-20-16(22)9-10-17(20)23/h9-10,14H,2-8,11-13,19H2,1H3. The minimum absolute atomic E-state index is 0.0399. The number of hydrogen-bond donors (Lipinski definition) is 1. The van der Waals surface area contributed by atoms with Crippen LogP contribution >= 0.6 is 0 Å². The number of ether oxygens (including phenoxy) is 1. The van der Waals surface area contributed by atoms with E-state index in [0.29, 0.717) is 38.8 Å². The number of carbonyl (C=O) groups is 4. The molecule has 1 heterocycles. The van der Waals surface area contributed by atoms with Crippen molar-refractivity contribution in [2.75, 3.05) is 20.2 Å². The van der Waals surface area contributed by atoms with Crippen molar-refractivity contribution in [3.8, 4) is 0 Å². The van der Waals surface area contributed by atoms with Gasteiger partial charge in [-0.1, -0.05) is 12.8 Å². The molecular weight excluding hydrogens is 324 g/mol. The summed E-state index contributed by atoms with van der Waals surface area (Å²) in [4.78, 5) is 47.8. The average molecular weight is 352 g/mol. The van der Waals surface area contributed by atoms with E-state index in [4.69, 9.17) is 10.5 Å². The third-order valence-electron chi connectivity index (χ3n) is 4.25. The highest BCUT2D eigenvalue weighted by molar-refractivity contribution is 6.12. The molecule has 140 valence electrons. The summed E-state index contributed by atoms with van der Waals surface area (Å²) >= 11 is 0. The van der Waals surface area contributed by atoms with Gasteiger partial charge in [0.2, 0.25) is 0 Å². The van der Waals surface area contributed by atoms with Gasteiger partial charge in [0.1, 0.15) is 5.78 Å². The highest BCUT2D eigenvalue weighted by Gasteiger charge is 2.23. The molecule has 7 heteroatoms. The van der Waals surface area contributed by atoms with Crippen molar-refractivity contribution in [1.82, 2.24) is 4.90 Å². The molecule has 0 radical (unpaired) electrons. The lowest BCUT2D eigenvalue weighted by molar-refractivity contribution is -0.147. The van der Waals surface area contributed by atoms with Crippen LogP contribution in [0.3, 0.4) is 0 Å². The molecule has 2 amide bonds. The van der Waals surface area contributed by atoms with E-state index in [1.54, 1.807) is 0 Å². The molecule has 0 aromatic heterocycles. The Morgan fingerprint density at radius 3 is 2.36 bits per heavy atom. The van der Waals surface area contributed by atoms with Gasteiger partial charge in [0.25, 0.3) is 11.8 Å². The van der Waals surface area contributed by atoms with E-state index in [1.165, 1.54) is 24.2 Å². The molecule has 0 saturated heterocycles. The predicted octanol–water partition coefficient (Wildman–Crippen LogP) is 1.35. The first-order chi connectivity index (χ1) is 12.0. The second-order valence-electron chi connectivity index (χ2n) is 6.22. The number of nitrogens with two attached hydrogens (primary N) is 1. The molecule has 0 aromatic carbocycles. The molecule has 0 spiro atoms. The first-order valence-corrected chi connectivity index (χ1v) is 8.82. The number of rotatable bonds is 13. The maximum absolute atomic E-state index is 12.1. The molecule has 0 aliphatic carbocycles. The minimum atomic E-state index is -0.394. The Morgan fingerprint density at radius 1 is 1.08 bits per heavy atom. The average Bonchev–Trinajstić information content (AvgIpc) is 2.91. The quantitative estimate of drug-likeness (QED) is 0.305. The van der Waals surface area contributed by atoms with Crippen LogP contribution < -0.4 is 5.73 Å². The number of ketones is 1. The number of nitrogens with zero attached hydrogens (tertiary/aromatic N) is 1. The van der Waals surface area contributed by atoms with E-state index in [-0.39, 0.29) is 30.0 Å². The van der Waals surface area contributed by atoms with E-state index in [9.17, 15) is 19.2 Å². The topological polar surface area (TPSA) is 107 Å². The zero-order valence-corrected chi connectivity index (χ0v) is 14.9. The molecule has 1 rings (SSSR count). The van der Waals surface area contributed by atoms with Gasteiger partial charge in [-0.3, -0.25) is 24.1 Å². The van der Waals surface area contributed by atoms with Crippen LogP contribution in [0.1, 0.15) is 51.4 Å². The fourth-order valence-electron chi connectivity index (χ4n) is 2.80. The molecule has 1 aliphatic heterocycles. The lowest BCUT2D eigenvalue weighted by Crippen LogP contribution is -2.30. The summed E-state index contributed by atoms with van der Waals surface area (Å²) in [5, 5.41) is 0. The summed E-state index contributed by atoms with van der Waals surface area (Å²) in [5.41, 5.74) is 5.45. The molecule has 0 fully saturated rings. The summed E-state index contributed by atoms with van der Waals surface area (Å²) in [7, 11) is 1.33. The number of esters is 1. The summed E-state index contributed by atoms with van der Waals surface area (Å²) in [6.07, 6.45) is 7.46. The third kappa shape index (κ3) is 7.60. The van der Waals surface area contributed by atoms with Crippen LogP contribution in [0.2, 0.25) is 0 Å². The molecule has 1 atom stereocenters. The van der Waals surface area contributed by atoms with Crippen LogP contribution in [0.4, 0.5) is 0 Å². The van der Waals surface area contributed by atoms with Gasteiger partial charge < -0.3 is 10.5 Å². The van der Waals surface area contributed by atoms with E-state index in [0.717, 1.165) is 19.3 Å². The Balaban J connectivity index is 2.22. The van der Waals surface area contributed by atoms with Crippen molar-refractivity contribution in [2.45, 2.75) is 51.4 Å². The SMILES string of the molecule is COC(=O)C(CCCCN)CC(=O)CCCCCN1C(=O)C=CC1=O. The van der Waals surface area contributed by atoms with Gasteiger partial charge in [0.05, 0.1) is 13.0 Å². The third-order valence-corrected chi connectivity index (χ3v) is 4.25. The highest BCUT2D eigenvalue weighted by Crippen LogP contribution is 2.17. The minimum Gasteiger partial charge on any atom is -0.469 e. The molecule has 1 aliphatic rings. The molecule has 25 heavy (non-hydrogen) atoms. The van der Waals surface area contributed by atoms with Crippen molar-refractivity contribution in [1.29, 1.82) is 0 Å². The lowest BCUT2D eigenvalue weighted by atomic mass is 9.94. The fraction of sp³-hybridized carbons (Fsp3) is 0.667. The molecule has 7 nitrogen and oxygen atoms in total. The molecule has 1 unspecified atom stereocenters. The maximum Gasteiger partial charge on any atom is 0.309 e. The van der Waals surface area contributed by atoms with Gasteiger partial charge >= 0.3 is 5.97 Å². The molecule has 0 saturated carbocycles. The predicted molar refractivity (Wildman–Crippen MR) is 92.4 cm³/mol. The number of amides is 2. The Hall–Kier alpha value is -2.02. The molecule has 0 aromatic rings. The van der Waals surface area contributed by atoms with E-state index >= 15 is 0 Å². The normalized spacial score (nSPS) is 14.9. The highest BCUT2D eigenvalue weighted by atomic mass is 16.5. The van der Waals surface area contributed by atoms with Crippen LogP contribution in [-0.4, -0.2) is 48.7 Å². The second kappa shape index (κ2) is 11.5. The smallest absolute Gasteiger partial charge is 0.309 e. The number of Topliss-reactive ketones (excluding diaryl/α,β-unsaturated/α-hetero) is 1. The maximum atomic E-state index is 12.1. The van der Waals surface area contributed by atoms with Crippen LogP contribution in [0.25, 0.3) is 0 Å². The van der Waals surface area contributed by atoms with Crippen molar-refractivity contribution < 1.29 is 23.9 Å². The Bertz CT molecular complexity index is 498. The van der Waals surface area contributed by atoms with Gasteiger partial charge in [-0.05, 0) is 32.2 Å². The first kappa shape index (κ1) is 21.0. The number of hydrogen-bond acceptors (Lipinski definition) is 6. The number of imide groups is 1. The second-order valence-corrected chi connectivity index (χ2v) is 6.22. The number of unbranched alkanes of at least 4 members (excludes halogenated alkanes) is 3. The van der Waals surface area contributed by atoms with Gasteiger partial charge in [-0.2, -0.15) is 0 Å². The van der Waals surface area contributed by atoms with Crippen molar-refractivity contribution in [2.24, 2.45) is 11.7 Å². The summed E-state index contributed by atoms with van der Waals surface area (Å²) in [6, 6.07) is 0. The van der Waals surface area contributed by atoms with Gasteiger partial charge in [-0.15, -0.1) is 0 Å². The summed E-state index contributed by atoms with van der Waals surface area (Å²) in [6.45, 7) is 0.947. The van der Waals surface area contributed by atoms with Crippen LogP contribution in [-0.2, 0) is 23.9 Å². The Kier molecular flexibility index (Phi) is 9.69. The van der Waals surface area contributed by atoms with Gasteiger partial charge in [-0.25, -0.2) is 0 Å².